The Morgan fingerprint density at radius 3 is 2.65 bits per heavy atom. The number of ether oxygens (including phenoxy) is 2. The van der Waals surface area contributed by atoms with Crippen LogP contribution in [0.4, 0.5) is 0 Å². The number of rotatable bonds is 6. The highest BCUT2D eigenvalue weighted by atomic mass is 16.5. The average Bonchev–Trinajstić information content (AvgIpc) is 2.53. The zero-order chi connectivity index (χ0) is 16.7. The Hall–Kier alpha value is -3.02. The van der Waals surface area contributed by atoms with Crippen LogP contribution in [0.1, 0.15) is 16.7 Å². The standard InChI is InChI=1S/C17H20N4O2/c1-12-4-3-5-14(8-12)11-23-15-7-6-13(9-16(15)22-2)10-20-21-17(18)19/h3-10H,11H2,1-2H3,(H4,18,19,21). The number of aryl methyl sites for hydroxylation is 1. The van der Waals surface area contributed by atoms with E-state index in [0.29, 0.717) is 18.1 Å². The Kier molecular flexibility index (Phi) is 5.57. The molecule has 0 spiro atoms. The largest absolute Gasteiger partial charge is 0.493 e. The van der Waals surface area contributed by atoms with Gasteiger partial charge in [0.15, 0.2) is 11.5 Å². The molecular formula is C17H20N4O2. The molecule has 120 valence electrons. The van der Waals surface area contributed by atoms with Crippen molar-refractivity contribution in [2.24, 2.45) is 21.7 Å². The molecule has 0 unspecified atom stereocenters. The van der Waals surface area contributed by atoms with Gasteiger partial charge in [-0.3, -0.25) is 0 Å². The topological polar surface area (TPSA) is 95.2 Å². The third kappa shape index (κ3) is 5.03. The summed E-state index contributed by atoms with van der Waals surface area (Å²) in [7, 11) is 1.59. The zero-order valence-corrected chi connectivity index (χ0v) is 13.2. The number of nitrogens with two attached hydrogens (primary N) is 2. The van der Waals surface area contributed by atoms with Crippen LogP contribution in [-0.4, -0.2) is 19.3 Å². The van der Waals surface area contributed by atoms with Crippen molar-refractivity contribution in [1.29, 1.82) is 0 Å². The Labute approximate surface area is 135 Å². The summed E-state index contributed by atoms with van der Waals surface area (Å²) in [5, 5.41) is 7.32. The second-order valence-corrected chi connectivity index (χ2v) is 4.96. The Morgan fingerprint density at radius 2 is 1.96 bits per heavy atom. The second-order valence-electron chi connectivity index (χ2n) is 4.96. The maximum absolute atomic E-state index is 5.83. The van der Waals surface area contributed by atoms with Gasteiger partial charge in [-0.05, 0) is 36.2 Å². The van der Waals surface area contributed by atoms with Gasteiger partial charge in [0.2, 0.25) is 5.96 Å². The molecule has 0 fully saturated rings. The Morgan fingerprint density at radius 1 is 1.13 bits per heavy atom. The quantitative estimate of drug-likeness (QED) is 0.485. The molecule has 0 atom stereocenters. The van der Waals surface area contributed by atoms with E-state index in [1.54, 1.807) is 13.2 Å². The van der Waals surface area contributed by atoms with E-state index in [-0.39, 0.29) is 5.96 Å². The molecule has 0 aliphatic heterocycles. The average molecular weight is 312 g/mol. The van der Waals surface area contributed by atoms with Gasteiger partial charge in [-0.1, -0.05) is 29.8 Å². The van der Waals surface area contributed by atoms with Crippen LogP contribution in [0.25, 0.3) is 0 Å². The lowest BCUT2D eigenvalue weighted by atomic mass is 10.1. The number of guanidine groups is 1. The minimum atomic E-state index is -0.0914. The predicted octanol–water partition coefficient (Wildman–Crippen LogP) is 2.19. The molecule has 6 heteroatoms. The van der Waals surface area contributed by atoms with Crippen LogP contribution in [0.3, 0.4) is 0 Å². The number of nitrogens with zero attached hydrogens (tertiary/aromatic N) is 2. The maximum atomic E-state index is 5.83. The summed E-state index contributed by atoms with van der Waals surface area (Å²) in [6.45, 7) is 2.52. The maximum Gasteiger partial charge on any atom is 0.211 e. The highest BCUT2D eigenvalue weighted by Gasteiger charge is 2.05. The van der Waals surface area contributed by atoms with Gasteiger partial charge < -0.3 is 20.9 Å². The molecule has 23 heavy (non-hydrogen) atoms. The van der Waals surface area contributed by atoms with E-state index in [0.717, 1.165) is 11.1 Å². The van der Waals surface area contributed by atoms with Crippen LogP contribution in [0.5, 0.6) is 11.5 Å². The molecule has 0 aromatic heterocycles. The molecule has 0 heterocycles. The molecule has 4 N–H and O–H groups in total. The van der Waals surface area contributed by atoms with Crippen molar-refractivity contribution in [3.63, 3.8) is 0 Å². The first-order valence-corrected chi connectivity index (χ1v) is 7.07. The van der Waals surface area contributed by atoms with E-state index in [1.165, 1.54) is 11.8 Å². The third-order valence-corrected chi connectivity index (χ3v) is 3.04. The molecule has 6 nitrogen and oxygen atoms in total. The first kappa shape index (κ1) is 16.4. The van der Waals surface area contributed by atoms with Gasteiger partial charge in [-0.15, -0.1) is 5.10 Å². The van der Waals surface area contributed by atoms with Crippen LogP contribution in [0.2, 0.25) is 0 Å². The van der Waals surface area contributed by atoms with Gasteiger partial charge in [0.05, 0.1) is 13.3 Å². The van der Waals surface area contributed by atoms with Crippen molar-refractivity contribution in [2.75, 3.05) is 7.11 Å². The Balaban J connectivity index is 2.10. The molecule has 0 amide bonds. The number of benzene rings is 2. The minimum Gasteiger partial charge on any atom is -0.493 e. The Bertz CT molecular complexity index is 722. The molecule has 2 rings (SSSR count). The van der Waals surface area contributed by atoms with Gasteiger partial charge >= 0.3 is 0 Å². The van der Waals surface area contributed by atoms with Crippen LogP contribution in [0, 0.1) is 6.92 Å². The predicted molar refractivity (Wildman–Crippen MR) is 91.9 cm³/mol. The summed E-state index contributed by atoms with van der Waals surface area (Å²) in [6.07, 6.45) is 1.53. The van der Waals surface area contributed by atoms with Crippen molar-refractivity contribution >= 4 is 12.2 Å². The highest BCUT2D eigenvalue weighted by molar-refractivity contribution is 5.82. The molecule has 0 saturated carbocycles. The monoisotopic (exact) mass is 312 g/mol. The smallest absolute Gasteiger partial charge is 0.211 e. The van der Waals surface area contributed by atoms with E-state index < -0.39 is 0 Å². The van der Waals surface area contributed by atoms with Crippen LogP contribution >= 0.6 is 0 Å². The summed E-state index contributed by atoms with van der Waals surface area (Å²) >= 11 is 0. The third-order valence-electron chi connectivity index (χ3n) is 3.04. The molecule has 0 aliphatic carbocycles. The van der Waals surface area contributed by atoms with E-state index in [1.807, 2.05) is 24.3 Å². The van der Waals surface area contributed by atoms with Crippen molar-refractivity contribution in [3.05, 3.63) is 59.2 Å². The van der Waals surface area contributed by atoms with E-state index >= 15 is 0 Å². The SMILES string of the molecule is COc1cc(C=NN=C(N)N)ccc1OCc1cccc(C)c1. The second kappa shape index (κ2) is 7.84. The van der Waals surface area contributed by atoms with Gasteiger partial charge in [-0.25, -0.2) is 0 Å². The first-order chi connectivity index (χ1) is 11.1. The summed E-state index contributed by atoms with van der Waals surface area (Å²) < 4.78 is 11.2. The fourth-order valence-electron chi connectivity index (χ4n) is 2.01. The summed E-state index contributed by atoms with van der Waals surface area (Å²) in [4.78, 5) is 0. The zero-order valence-electron chi connectivity index (χ0n) is 13.2. The van der Waals surface area contributed by atoms with Gasteiger partial charge in [0.1, 0.15) is 6.61 Å². The first-order valence-electron chi connectivity index (χ1n) is 7.07. The number of hydrogen-bond donors (Lipinski definition) is 2. The van der Waals surface area contributed by atoms with Gasteiger partial charge in [-0.2, -0.15) is 5.10 Å². The summed E-state index contributed by atoms with van der Waals surface area (Å²) in [5.41, 5.74) is 13.5. The normalized spacial score (nSPS) is 10.5. The number of hydrogen-bond acceptors (Lipinski definition) is 4. The minimum absolute atomic E-state index is 0.0914. The fraction of sp³-hybridized carbons (Fsp3) is 0.176. The van der Waals surface area contributed by atoms with Crippen molar-refractivity contribution < 1.29 is 9.47 Å². The molecule has 2 aromatic rings. The molecular weight excluding hydrogens is 292 g/mol. The summed E-state index contributed by atoms with van der Waals surface area (Å²) in [6, 6.07) is 13.6. The molecule has 0 aliphatic rings. The van der Waals surface area contributed by atoms with Crippen LogP contribution in [-0.2, 0) is 6.61 Å². The van der Waals surface area contributed by atoms with Gasteiger partial charge in [0.25, 0.3) is 0 Å². The summed E-state index contributed by atoms with van der Waals surface area (Å²) in [5.74, 6) is 1.19. The van der Waals surface area contributed by atoms with Crippen molar-refractivity contribution in [3.8, 4) is 11.5 Å². The van der Waals surface area contributed by atoms with E-state index in [4.69, 9.17) is 20.9 Å². The lowest BCUT2D eigenvalue weighted by Gasteiger charge is -2.11. The number of methoxy groups -OCH3 is 1. The molecule has 2 aromatic carbocycles. The molecule has 0 saturated heterocycles. The lowest BCUT2D eigenvalue weighted by molar-refractivity contribution is 0.284. The van der Waals surface area contributed by atoms with Gasteiger partial charge in [0, 0.05) is 0 Å². The van der Waals surface area contributed by atoms with Crippen LogP contribution in [0.15, 0.2) is 52.7 Å². The lowest BCUT2D eigenvalue weighted by Crippen LogP contribution is -2.21. The van der Waals surface area contributed by atoms with Crippen molar-refractivity contribution in [2.45, 2.75) is 13.5 Å². The van der Waals surface area contributed by atoms with E-state index in [9.17, 15) is 0 Å². The van der Waals surface area contributed by atoms with Crippen molar-refractivity contribution in [1.82, 2.24) is 0 Å². The fourth-order valence-corrected chi connectivity index (χ4v) is 2.01. The molecule has 0 radical (unpaired) electrons. The van der Waals surface area contributed by atoms with Crippen LogP contribution < -0.4 is 20.9 Å². The van der Waals surface area contributed by atoms with E-state index in [2.05, 4.69) is 29.3 Å². The highest BCUT2D eigenvalue weighted by Crippen LogP contribution is 2.28. The molecule has 0 bridgehead atoms.